The summed E-state index contributed by atoms with van der Waals surface area (Å²) in [5.41, 5.74) is 1.08. The van der Waals surface area contributed by atoms with E-state index in [-0.39, 0.29) is 6.10 Å². The van der Waals surface area contributed by atoms with Crippen LogP contribution in [0.4, 0.5) is 0 Å². The summed E-state index contributed by atoms with van der Waals surface area (Å²) in [7, 11) is 0. The summed E-state index contributed by atoms with van der Waals surface area (Å²) in [4.78, 5) is 4.54. The molecule has 0 unspecified atom stereocenters. The Morgan fingerprint density at radius 1 is 1.12 bits per heavy atom. The van der Waals surface area contributed by atoms with Crippen LogP contribution in [-0.4, -0.2) is 23.5 Å². The lowest BCUT2D eigenvalue weighted by atomic mass is 9.93. The Morgan fingerprint density at radius 3 is 2.38 bits per heavy atom. The highest BCUT2D eigenvalue weighted by molar-refractivity contribution is 6.30. The first-order valence-corrected chi connectivity index (χ1v) is 6.08. The van der Waals surface area contributed by atoms with Gasteiger partial charge in [-0.25, -0.2) is 0 Å². The van der Waals surface area contributed by atoms with Crippen molar-refractivity contribution in [2.75, 3.05) is 0 Å². The van der Waals surface area contributed by atoms with E-state index in [0.29, 0.717) is 6.04 Å². The molecule has 0 saturated heterocycles. The zero-order valence-corrected chi connectivity index (χ0v) is 9.90. The Bertz CT molecular complexity index is 353. The molecule has 1 aromatic rings. The number of aliphatic imine (C=N–C) groups is 1. The predicted molar refractivity (Wildman–Crippen MR) is 67.3 cm³/mol. The molecule has 1 fully saturated rings. The molecule has 0 atom stereocenters. The van der Waals surface area contributed by atoms with Gasteiger partial charge in [0, 0.05) is 11.2 Å². The number of aliphatic hydroxyl groups is 1. The van der Waals surface area contributed by atoms with Gasteiger partial charge in [-0.3, -0.25) is 4.99 Å². The predicted octanol–water partition coefficient (Wildman–Crippen LogP) is 3.06. The van der Waals surface area contributed by atoms with Crippen molar-refractivity contribution in [2.45, 2.75) is 37.8 Å². The third-order valence-electron chi connectivity index (χ3n) is 2.97. The third kappa shape index (κ3) is 3.32. The molecule has 1 saturated carbocycles. The van der Waals surface area contributed by atoms with E-state index in [1.807, 2.05) is 30.5 Å². The molecule has 2 nitrogen and oxygen atoms in total. The van der Waals surface area contributed by atoms with Gasteiger partial charge in [-0.2, -0.15) is 0 Å². The summed E-state index contributed by atoms with van der Waals surface area (Å²) >= 11 is 5.80. The van der Waals surface area contributed by atoms with Gasteiger partial charge in [-0.15, -0.1) is 0 Å². The minimum Gasteiger partial charge on any atom is -0.393 e. The lowest BCUT2D eigenvalue weighted by molar-refractivity contribution is 0.123. The first kappa shape index (κ1) is 11.6. The first-order chi connectivity index (χ1) is 7.74. The van der Waals surface area contributed by atoms with Crippen LogP contribution < -0.4 is 0 Å². The lowest BCUT2D eigenvalue weighted by Crippen LogP contribution is -2.20. The monoisotopic (exact) mass is 237 g/mol. The number of hydrogen-bond acceptors (Lipinski definition) is 2. The van der Waals surface area contributed by atoms with Crippen LogP contribution in [-0.2, 0) is 0 Å². The Labute approximate surface area is 101 Å². The van der Waals surface area contributed by atoms with Crippen molar-refractivity contribution in [1.29, 1.82) is 0 Å². The SMILES string of the molecule is OC1CCC(N=Cc2ccc(Cl)cc2)CC1. The molecular weight excluding hydrogens is 222 g/mol. The second kappa shape index (κ2) is 5.46. The molecule has 0 aromatic heterocycles. The summed E-state index contributed by atoms with van der Waals surface area (Å²) < 4.78 is 0. The van der Waals surface area contributed by atoms with Crippen LogP contribution in [0.5, 0.6) is 0 Å². The maximum Gasteiger partial charge on any atom is 0.0541 e. The molecule has 1 N–H and O–H groups in total. The summed E-state index contributed by atoms with van der Waals surface area (Å²) in [6, 6.07) is 8.03. The highest BCUT2D eigenvalue weighted by Gasteiger charge is 2.17. The van der Waals surface area contributed by atoms with Crippen LogP contribution in [0.25, 0.3) is 0 Å². The van der Waals surface area contributed by atoms with Crippen LogP contribution in [0.2, 0.25) is 5.02 Å². The second-order valence-electron chi connectivity index (χ2n) is 4.29. The summed E-state index contributed by atoms with van der Waals surface area (Å²) in [5, 5.41) is 10.1. The van der Waals surface area contributed by atoms with Crippen molar-refractivity contribution < 1.29 is 5.11 Å². The van der Waals surface area contributed by atoms with Gasteiger partial charge in [0.25, 0.3) is 0 Å². The summed E-state index contributed by atoms with van der Waals surface area (Å²) in [5.74, 6) is 0. The summed E-state index contributed by atoms with van der Waals surface area (Å²) in [6.07, 6.45) is 5.53. The lowest BCUT2D eigenvalue weighted by Gasteiger charge is -2.22. The van der Waals surface area contributed by atoms with Crippen molar-refractivity contribution in [3.05, 3.63) is 34.9 Å². The molecule has 16 heavy (non-hydrogen) atoms. The van der Waals surface area contributed by atoms with Crippen LogP contribution >= 0.6 is 11.6 Å². The fourth-order valence-electron chi connectivity index (χ4n) is 1.95. The number of halogens is 1. The first-order valence-electron chi connectivity index (χ1n) is 5.71. The molecule has 1 aliphatic carbocycles. The third-order valence-corrected chi connectivity index (χ3v) is 3.22. The van der Waals surface area contributed by atoms with Crippen molar-refractivity contribution >= 4 is 17.8 Å². The van der Waals surface area contributed by atoms with Gasteiger partial charge < -0.3 is 5.11 Å². The van der Waals surface area contributed by atoms with Crippen molar-refractivity contribution in [3.63, 3.8) is 0 Å². The average Bonchev–Trinajstić information content (AvgIpc) is 2.30. The van der Waals surface area contributed by atoms with E-state index in [2.05, 4.69) is 4.99 Å². The molecule has 0 bridgehead atoms. The molecule has 2 rings (SSSR count). The normalized spacial score (nSPS) is 26.1. The Hall–Kier alpha value is -0.860. The van der Waals surface area contributed by atoms with E-state index in [1.165, 1.54) is 0 Å². The van der Waals surface area contributed by atoms with Gasteiger partial charge in [0.15, 0.2) is 0 Å². The van der Waals surface area contributed by atoms with E-state index in [9.17, 15) is 5.11 Å². The molecular formula is C13H16ClNO. The quantitative estimate of drug-likeness (QED) is 0.788. The molecule has 0 heterocycles. The van der Waals surface area contributed by atoms with E-state index in [0.717, 1.165) is 36.3 Å². The zero-order chi connectivity index (χ0) is 11.4. The Balaban J connectivity index is 1.91. The smallest absolute Gasteiger partial charge is 0.0541 e. The second-order valence-corrected chi connectivity index (χ2v) is 4.73. The molecule has 0 amide bonds. The molecule has 1 aromatic carbocycles. The van der Waals surface area contributed by atoms with Gasteiger partial charge in [0.2, 0.25) is 0 Å². The molecule has 3 heteroatoms. The fraction of sp³-hybridized carbons (Fsp3) is 0.462. The van der Waals surface area contributed by atoms with Gasteiger partial charge in [0.05, 0.1) is 12.1 Å². The summed E-state index contributed by atoms with van der Waals surface area (Å²) in [6.45, 7) is 0. The van der Waals surface area contributed by atoms with Crippen LogP contribution in [0, 0.1) is 0 Å². The molecule has 0 aliphatic heterocycles. The van der Waals surface area contributed by atoms with Gasteiger partial charge >= 0.3 is 0 Å². The van der Waals surface area contributed by atoms with E-state index < -0.39 is 0 Å². The largest absolute Gasteiger partial charge is 0.393 e. The Morgan fingerprint density at radius 2 is 1.75 bits per heavy atom. The van der Waals surface area contributed by atoms with Gasteiger partial charge in [0.1, 0.15) is 0 Å². The Kier molecular flexibility index (Phi) is 3.97. The zero-order valence-electron chi connectivity index (χ0n) is 9.14. The van der Waals surface area contributed by atoms with Crippen molar-refractivity contribution in [2.24, 2.45) is 4.99 Å². The number of rotatable bonds is 2. The van der Waals surface area contributed by atoms with E-state index in [1.54, 1.807) is 0 Å². The maximum atomic E-state index is 9.38. The van der Waals surface area contributed by atoms with E-state index in [4.69, 9.17) is 11.6 Å². The molecule has 1 aliphatic rings. The van der Waals surface area contributed by atoms with Crippen molar-refractivity contribution in [1.82, 2.24) is 0 Å². The highest BCUT2D eigenvalue weighted by atomic mass is 35.5. The highest BCUT2D eigenvalue weighted by Crippen LogP contribution is 2.20. The van der Waals surface area contributed by atoms with Gasteiger partial charge in [-0.05, 0) is 43.4 Å². The van der Waals surface area contributed by atoms with Crippen LogP contribution in [0.15, 0.2) is 29.3 Å². The maximum absolute atomic E-state index is 9.38. The molecule has 0 spiro atoms. The number of hydrogen-bond donors (Lipinski definition) is 1. The standard InChI is InChI=1S/C13H16ClNO/c14-11-3-1-10(2-4-11)9-15-12-5-7-13(16)8-6-12/h1-4,9,12-13,16H,5-8H2. The fourth-order valence-corrected chi connectivity index (χ4v) is 2.07. The van der Waals surface area contributed by atoms with E-state index >= 15 is 0 Å². The average molecular weight is 238 g/mol. The van der Waals surface area contributed by atoms with Crippen molar-refractivity contribution in [3.8, 4) is 0 Å². The topological polar surface area (TPSA) is 32.6 Å². The van der Waals surface area contributed by atoms with Gasteiger partial charge in [-0.1, -0.05) is 23.7 Å². The minimum atomic E-state index is -0.109. The number of aliphatic hydroxyl groups excluding tert-OH is 1. The number of benzene rings is 1. The minimum absolute atomic E-state index is 0.109. The number of nitrogens with zero attached hydrogens (tertiary/aromatic N) is 1. The molecule has 0 radical (unpaired) electrons. The van der Waals surface area contributed by atoms with Crippen LogP contribution in [0.1, 0.15) is 31.2 Å². The molecule has 86 valence electrons. The van der Waals surface area contributed by atoms with Crippen LogP contribution in [0.3, 0.4) is 0 Å².